The molecular formula is C25H23F2N5O. The van der Waals surface area contributed by atoms with Crippen molar-refractivity contribution in [3.63, 3.8) is 0 Å². The number of anilines is 1. The van der Waals surface area contributed by atoms with Gasteiger partial charge in [-0.05, 0) is 29.7 Å². The molecule has 3 aromatic heterocycles. The lowest BCUT2D eigenvalue weighted by Gasteiger charge is -2.32. The predicted molar refractivity (Wildman–Crippen MR) is 123 cm³/mol. The second kappa shape index (κ2) is 8.35. The number of carbonyl (C=O) groups is 1. The minimum absolute atomic E-state index is 0.0874. The number of imidazole rings is 1. The Morgan fingerprint density at radius 3 is 2.61 bits per heavy atom. The summed E-state index contributed by atoms with van der Waals surface area (Å²) in [6.45, 7) is 0.450. The minimum atomic E-state index is -2.62. The number of aryl methyl sites for hydroxylation is 1. The van der Waals surface area contributed by atoms with Crippen molar-refractivity contribution in [2.24, 2.45) is 7.05 Å². The number of halogens is 2. The number of hydrogen-bond donors (Lipinski definition) is 0. The Morgan fingerprint density at radius 1 is 1.03 bits per heavy atom. The van der Waals surface area contributed by atoms with E-state index in [1.165, 1.54) is 0 Å². The first-order chi connectivity index (χ1) is 15.9. The summed E-state index contributed by atoms with van der Waals surface area (Å²) >= 11 is 0. The highest BCUT2D eigenvalue weighted by atomic mass is 19.3. The lowest BCUT2D eigenvalue weighted by atomic mass is 10.0. The van der Waals surface area contributed by atoms with E-state index in [1.807, 2.05) is 40.9 Å². The molecule has 0 radical (unpaired) electrons. The maximum atomic E-state index is 13.5. The quantitative estimate of drug-likeness (QED) is 0.415. The number of rotatable bonds is 5. The SMILES string of the molecule is Cn1cncc1-c1ccc2cnc(CC(=O)c3ccnc(N4CCC(F)(F)CC4)c3)cc2c1. The van der Waals surface area contributed by atoms with Crippen LogP contribution in [0.3, 0.4) is 0 Å². The number of alkyl halides is 2. The van der Waals surface area contributed by atoms with E-state index in [4.69, 9.17) is 0 Å². The van der Waals surface area contributed by atoms with E-state index >= 15 is 0 Å². The molecule has 33 heavy (non-hydrogen) atoms. The number of pyridine rings is 2. The monoisotopic (exact) mass is 447 g/mol. The second-order valence-electron chi connectivity index (χ2n) is 8.47. The Hall–Kier alpha value is -3.68. The number of Topliss-reactive ketones (excluding diaryl/α,β-unsaturated/α-hetero) is 1. The van der Waals surface area contributed by atoms with Crippen LogP contribution in [-0.4, -0.2) is 44.3 Å². The van der Waals surface area contributed by atoms with Gasteiger partial charge in [-0.3, -0.25) is 9.78 Å². The number of ketones is 1. The van der Waals surface area contributed by atoms with Gasteiger partial charge in [0.05, 0.1) is 24.6 Å². The van der Waals surface area contributed by atoms with Gasteiger partial charge in [0.25, 0.3) is 5.92 Å². The van der Waals surface area contributed by atoms with E-state index in [1.54, 1.807) is 30.9 Å². The molecular weight excluding hydrogens is 424 g/mol. The molecule has 1 aromatic carbocycles. The van der Waals surface area contributed by atoms with Crippen molar-refractivity contribution in [1.29, 1.82) is 0 Å². The molecule has 0 bridgehead atoms. The molecule has 0 amide bonds. The summed E-state index contributed by atoms with van der Waals surface area (Å²) in [4.78, 5) is 27.7. The molecule has 5 rings (SSSR count). The van der Waals surface area contributed by atoms with Crippen LogP contribution in [0.15, 0.2) is 61.3 Å². The summed E-state index contributed by atoms with van der Waals surface area (Å²) < 4.78 is 28.9. The summed E-state index contributed by atoms with van der Waals surface area (Å²) in [7, 11) is 1.95. The first-order valence-electron chi connectivity index (χ1n) is 10.9. The predicted octanol–water partition coefficient (Wildman–Crippen LogP) is 4.69. The van der Waals surface area contributed by atoms with Gasteiger partial charge in [0.15, 0.2) is 5.78 Å². The summed E-state index contributed by atoms with van der Waals surface area (Å²) in [6.07, 6.45) is 6.66. The van der Waals surface area contributed by atoms with Crippen LogP contribution in [0.5, 0.6) is 0 Å². The minimum Gasteiger partial charge on any atom is -0.356 e. The number of hydrogen-bond acceptors (Lipinski definition) is 5. The number of benzene rings is 1. The summed E-state index contributed by atoms with van der Waals surface area (Å²) in [6, 6.07) is 11.4. The fourth-order valence-electron chi connectivity index (χ4n) is 4.17. The smallest absolute Gasteiger partial charge is 0.251 e. The molecule has 8 heteroatoms. The maximum absolute atomic E-state index is 13.5. The number of nitrogens with zero attached hydrogens (tertiary/aromatic N) is 5. The zero-order chi connectivity index (χ0) is 23.0. The van der Waals surface area contributed by atoms with Gasteiger partial charge in [0.2, 0.25) is 0 Å². The van der Waals surface area contributed by atoms with Crippen LogP contribution in [0.2, 0.25) is 0 Å². The zero-order valence-corrected chi connectivity index (χ0v) is 18.2. The largest absolute Gasteiger partial charge is 0.356 e. The van der Waals surface area contributed by atoms with Gasteiger partial charge < -0.3 is 9.47 Å². The van der Waals surface area contributed by atoms with Gasteiger partial charge in [0, 0.05) is 67.6 Å². The topological polar surface area (TPSA) is 63.9 Å². The van der Waals surface area contributed by atoms with Crippen molar-refractivity contribution in [2.45, 2.75) is 25.2 Å². The highest BCUT2D eigenvalue weighted by molar-refractivity contribution is 5.98. The van der Waals surface area contributed by atoms with Crippen molar-refractivity contribution in [3.8, 4) is 11.3 Å². The molecule has 0 atom stereocenters. The van der Waals surface area contributed by atoms with Gasteiger partial charge >= 0.3 is 0 Å². The van der Waals surface area contributed by atoms with Crippen LogP contribution in [-0.2, 0) is 13.5 Å². The molecule has 0 aliphatic carbocycles. The van der Waals surface area contributed by atoms with Crippen LogP contribution in [0.4, 0.5) is 14.6 Å². The third-order valence-electron chi connectivity index (χ3n) is 6.12. The van der Waals surface area contributed by atoms with Crippen molar-refractivity contribution >= 4 is 22.4 Å². The van der Waals surface area contributed by atoms with Gasteiger partial charge in [-0.2, -0.15) is 0 Å². The summed E-state index contributed by atoms with van der Waals surface area (Å²) in [5.74, 6) is -2.15. The van der Waals surface area contributed by atoms with E-state index in [-0.39, 0.29) is 38.1 Å². The molecule has 4 aromatic rings. The van der Waals surface area contributed by atoms with Crippen molar-refractivity contribution in [2.75, 3.05) is 18.0 Å². The number of carbonyl (C=O) groups excluding carboxylic acids is 1. The van der Waals surface area contributed by atoms with Crippen molar-refractivity contribution in [3.05, 3.63) is 72.6 Å². The van der Waals surface area contributed by atoms with Gasteiger partial charge in [-0.15, -0.1) is 0 Å². The number of fused-ring (bicyclic) bond motifs is 1. The molecule has 4 heterocycles. The van der Waals surface area contributed by atoms with E-state index in [0.29, 0.717) is 17.1 Å². The highest BCUT2D eigenvalue weighted by Crippen LogP contribution is 2.30. The maximum Gasteiger partial charge on any atom is 0.251 e. The Bertz CT molecular complexity index is 1320. The number of piperidine rings is 1. The zero-order valence-electron chi connectivity index (χ0n) is 18.2. The first-order valence-corrected chi connectivity index (χ1v) is 10.9. The highest BCUT2D eigenvalue weighted by Gasteiger charge is 2.34. The molecule has 0 N–H and O–H groups in total. The van der Waals surface area contributed by atoms with Crippen molar-refractivity contribution < 1.29 is 13.6 Å². The molecule has 1 saturated heterocycles. The fraction of sp³-hybridized carbons (Fsp3) is 0.280. The average molecular weight is 447 g/mol. The van der Waals surface area contributed by atoms with E-state index < -0.39 is 5.92 Å². The van der Waals surface area contributed by atoms with E-state index in [2.05, 4.69) is 21.0 Å². The van der Waals surface area contributed by atoms with Crippen LogP contribution in [0, 0.1) is 0 Å². The Balaban J connectivity index is 1.35. The first kappa shape index (κ1) is 21.2. The Morgan fingerprint density at radius 2 is 1.85 bits per heavy atom. The lowest BCUT2D eigenvalue weighted by Crippen LogP contribution is -2.39. The van der Waals surface area contributed by atoms with Gasteiger partial charge in [-0.1, -0.05) is 12.1 Å². The normalized spacial score (nSPS) is 15.7. The van der Waals surface area contributed by atoms with Crippen LogP contribution in [0.1, 0.15) is 28.9 Å². The fourth-order valence-corrected chi connectivity index (χ4v) is 4.17. The van der Waals surface area contributed by atoms with Gasteiger partial charge in [-0.25, -0.2) is 18.7 Å². The average Bonchev–Trinajstić information content (AvgIpc) is 3.24. The third-order valence-corrected chi connectivity index (χ3v) is 6.12. The molecule has 1 fully saturated rings. The molecule has 1 aliphatic heterocycles. The molecule has 168 valence electrons. The lowest BCUT2D eigenvalue weighted by molar-refractivity contribution is -0.0221. The summed E-state index contributed by atoms with van der Waals surface area (Å²) in [5, 5.41) is 1.99. The van der Waals surface area contributed by atoms with Crippen LogP contribution in [0.25, 0.3) is 22.0 Å². The van der Waals surface area contributed by atoms with Gasteiger partial charge in [0.1, 0.15) is 5.82 Å². The Labute approximate surface area is 189 Å². The molecule has 1 aliphatic rings. The van der Waals surface area contributed by atoms with E-state index in [0.717, 1.165) is 22.0 Å². The third kappa shape index (κ3) is 4.46. The molecule has 0 spiro atoms. The number of aromatic nitrogens is 4. The second-order valence-corrected chi connectivity index (χ2v) is 8.47. The molecule has 0 unspecified atom stereocenters. The van der Waals surface area contributed by atoms with Crippen LogP contribution < -0.4 is 4.90 Å². The van der Waals surface area contributed by atoms with E-state index in [9.17, 15) is 13.6 Å². The summed E-state index contributed by atoms with van der Waals surface area (Å²) in [5.41, 5.74) is 3.22. The standard InChI is InChI=1S/C25H23F2N5O/c1-31-16-28-15-22(31)17-2-3-19-14-30-21(11-20(19)10-17)13-23(33)18-4-7-29-24(12-18)32-8-5-25(26,27)6-9-32/h2-4,7,10-12,14-16H,5-6,8-9,13H2,1H3. The van der Waals surface area contributed by atoms with Crippen molar-refractivity contribution in [1.82, 2.24) is 19.5 Å². The Kier molecular flexibility index (Phi) is 5.36. The molecule has 0 saturated carbocycles. The van der Waals surface area contributed by atoms with Crippen LogP contribution >= 0.6 is 0 Å². The molecule has 6 nitrogen and oxygen atoms in total.